The minimum absolute atomic E-state index is 0.0952. The molecule has 0 aliphatic rings. The molecule has 0 radical (unpaired) electrons. The maximum atomic E-state index is 10.4. The number of rotatable bonds is 2. The van der Waals surface area contributed by atoms with Crippen LogP contribution in [-0.2, 0) is 4.79 Å². The van der Waals surface area contributed by atoms with Crippen LogP contribution in [0.5, 0.6) is 11.5 Å². The summed E-state index contributed by atoms with van der Waals surface area (Å²) in [5.41, 5.74) is 2.14. The summed E-state index contributed by atoms with van der Waals surface area (Å²) in [6.07, 6.45) is 0. The van der Waals surface area contributed by atoms with Crippen LogP contribution < -0.4 is 10.3 Å². The van der Waals surface area contributed by atoms with E-state index in [1.54, 1.807) is 12.1 Å². The van der Waals surface area contributed by atoms with Crippen molar-refractivity contribution in [2.75, 3.05) is 0 Å². The molecule has 4 heteroatoms. The SMILES string of the molecule is CC(=O)NOc1cccc(O)c1. The van der Waals surface area contributed by atoms with Gasteiger partial charge in [-0.1, -0.05) is 6.07 Å². The third-order valence-corrected chi connectivity index (χ3v) is 1.13. The molecule has 1 amide bonds. The van der Waals surface area contributed by atoms with E-state index in [9.17, 15) is 4.79 Å². The van der Waals surface area contributed by atoms with Gasteiger partial charge in [0, 0.05) is 13.0 Å². The fraction of sp³-hybridized carbons (Fsp3) is 0.125. The number of amides is 1. The standard InChI is InChI=1S/C8H9NO3/c1-6(10)9-12-8-4-2-3-7(11)5-8/h2-5,11H,1H3,(H,9,10). The topological polar surface area (TPSA) is 58.6 Å². The van der Waals surface area contributed by atoms with Crippen molar-refractivity contribution >= 4 is 5.91 Å². The first-order valence-corrected chi connectivity index (χ1v) is 3.41. The minimum atomic E-state index is -0.293. The average Bonchev–Trinajstić information content (AvgIpc) is 2.01. The average molecular weight is 167 g/mol. The number of hydrogen-bond acceptors (Lipinski definition) is 3. The maximum Gasteiger partial charge on any atom is 0.249 e. The maximum absolute atomic E-state index is 10.4. The van der Waals surface area contributed by atoms with Gasteiger partial charge < -0.3 is 9.94 Å². The summed E-state index contributed by atoms with van der Waals surface area (Å²) in [6.45, 7) is 1.34. The van der Waals surface area contributed by atoms with Crippen molar-refractivity contribution in [3.63, 3.8) is 0 Å². The molecule has 0 heterocycles. The van der Waals surface area contributed by atoms with E-state index in [-0.39, 0.29) is 11.7 Å². The molecule has 1 aromatic rings. The van der Waals surface area contributed by atoms with Crippen molar-refractivity contribution in [1.82, 2.24) is 5.48 Å². The van der Waals surface area contributed by atoms with Crippen molar-refractivity contribution in [2.24, 2.45) is 0 Å². The second kappa shape index (κ2) is 3.61. The van der Waals surface area contributed by atoms with Gasteiger partial charge in [0.1, 0.15) is 5.75 Å². The van der Waals surface area contributed by atoms with Crippen molar-refractivity contribution < 1.29 is 14.7 Å². The van der Waals surface area contributed by atoms with Gasteiger partial charge in [-0.2, -0.15) is 5.48 Å². The number of benzene rings is 1. The first-order chi connectivity index (χ1) is 5.68. The van der Waals surface area contributed by atoms with Crippen molar-refractivity contribution in [3.8, 4) is 11.5 Å². The third kappa shape index (κ3) is 2.49. The molecule has 1 aromatic carbocycles. The van der Waals surface area contributed by atoms with Gasteiger partial charge >= 0.3 is 0 Å². The Morgan fingerprint density at radius 1 is 1.58 bits per heavy atom. The molecule has 0 spiro atoms. The molecule has 64 valence electrons. The van der Waals surface area contributed by atoms with Crippen molar-refractivity contribution in [3.05, 3.63) is 24.3 Å². The van der Waals surface area contributed by atoms with Gasteiger partial charge in [-0.05, 0) is 12.1 Å². The van der Waals surface area contributed by atoms with Crippen LogP contribution in [0, 0.1) is 0 Å². The predicted molar refractivity (Wildman–Crippen MR) is 42.6 cm³/mol. The Bertz CT molecular complexity index is 285. The largest absolute Gasteiger partial charge is 0.508 e. The Morgan fingerprint density at radius 2 is 2.33 bits per heavy atom. The van der Waals surface area contributed by atoms with Crippen molar-refractivity contribution in [2.45, 2.75) is 6.92 Å². The molecule has 1 rings (SSSR count). The first kappa shape index (κ1) is 8.39. The summed E-state index contributed by atoms with van der Waals surface area (Å²) < 4.78 is 0. The van der Waals surface area contributed by atoms with Gasteiger partial charge in [-0.3, -0.25) is 4.79 Å². The number of phenols is 1. The van der Waals surface area contributed by atoms with Crippen LogP contribution >= 0.6 is 0 Å². The molecule has 0 atom stereocenters. The van der Waals surface area contributed by atoms with Gasteiger partial charge in [0.05, 0.1) is 0 Å². The van der Waals surface area contributed by atoms with Crippen LogP contribution in [0.3, 0.4) is 0 Å². The van der Waals surface area contributed by atoms with Crippen LogP contribution in [-0.4, -0.2) is 11.0 Å². The lowest BCUT2D eigenvalue weighted by molar-refractivity contribution is -0.125. The normalized spacial score (nSPS) is 9.08. The Balaban J connectivity index is 2.57. The van der Waals surface area contributed by atoms with E-state index in [2.05, 4.69) is 5.48 Å². The number of hydrogen-bond donors (Lipinski definition) is 2. The number of hydroxylamine groups is 1. The molecule has 0 aliphatic carbocycles. The molecule has 4 nitrogen and oxygen atoms in total. The highest BCUT2D eigenvalue weighted by Crippen LogP contribution is 2.16. The van der Waals surface area contributed by atoms with Gasteiger partial charge in [-0.25, -0.2) is 0 Å². The summed E-state index contributed by atoms with van der Waals surface area (Å²) in [5.74, 6) is 0.196. The lowest BCUT2D eigenvalue weighted by Crippen LogP contribution is -2.23. The van der Waals surface area contributed by atoms with Gasteiger partial charge in [0.15, 0.2) is 5.75 Å². The first-order valence-electron chi connectivity index (χ1n) is 3.41. The summed E-state index contributed by atoms with van der Waals surface area (Å²) in [7, 11) is 0. The molecular formula is C8H9NO3. The van der Waals surface area contributed by atoms with E-state index in [1.807, 2.05) is 0 Å². The Kier molecular flexibility index (Phi) is 2.53. The molecule has 0 aromatic heterocycles. The third-order valence-electron chi connectivity index (χ3n) is 1.13. The second-order valence-electron chi connectivity index (χ2n) is 2.26. The summed E-state index contributed by atoms with van der Waals surface area (Å²) in [4.78, 5) is 15.2. The van der Waals surface area contributed by atoms with E-state index >= 15 is 0 Å². The molecule has 0 bridgehead atoms. The van der Waals surface area contributed by atoms with E-state index in [1.165, 1.54) is 19.1 Å². The van der Waals surface area contributed by atoms with Crippen LogP contribution in [0.1, 0.15) is 6.92 Å². The summed E-state index contributed by atoms with van der Waals surface area (Å²) in [6, 6.07) is 6.15. The number of phenolic OH excluding ortho intramolecular Hbond substituents is 1. The van der Waals surface area contributed by atoms with E-state index < -0.39 is 0 Å². The predicted octanol–water partition coefficient (Wildman–Crippen LogP) is 0.822. The second-order valence-corrected chi connectivity index (χ2v) is 2.26. The fourth-order valence-electron chi connectivity index (χ4n) is 0.678. The van der Waals surface area contributed by atoms with Crippen molar-refractivity contribution in [1.29, 1.82) is 0 Å². The Hall–Kier alpha value is -1.71. The zero-order valence-corrected chi connectivity index (χ0v) is 6.57. The fourth-order valence-corrected chi connectivity index (χ4v) is 0.678. The Labute approximate surface area is 69.7 Å². The van der Waals surface area contributed by atoms with E-state index in [4.69, 9.17) is 9.94 Å². The number of carbonyl (C=O) groups excluding carboxylic acids is 1. The smallest absolute Gasteiger partial charge is 0.249 e. The molecule has 0 fully saturated rings. The van der Waals surface area contributed by atoms with E-state index in [0.29, 0.717) is 5.75 Å². The highest BCUT2D eigenvalue weighted by molar-refractivity contribution is 5.71. The van der Waals surface area contributed by atoms with Gasteiger partial charge in [0.25, 0.3) is 0 Å². The van der Waals surface area contributed by atoms with Crippen LogP contribution in [0.25, 0.3) is 0 Å². The molecule has 0 saturated carbocycles. The lowest BCUT2D eigenvalue weighted by Gasteiger charge is -2.03. The van der Waals surface area contributed by atoms with Gasteiger partial charge in [-0.15, -0.1) is 0 Å². The monoisotopic (exact) mass is 167 g/mol. The minimum Gasteiger partial charge on any atom is -0.508 e. The lowest BCUT2D eigenvalue weighted by atomic mass is 10.3. The number of nitrogens with one attached hydrogen (secondary N) is 1. The summed E-state index contributed by atoms with van der Waals surface area (Å²) >= 11 is 0. The Morgan fingerprint density at radius 3 is 2.92 bits per heavy atom. The summed E-state index contributed by atoms with van der Waals surface area (Å²) in [5, 5.41) is 8.99. The van der Waals surface area contributed by atoms with Gasteiger partial charge in [0.2, 0.25) is 5.91 Å². The molecule has 0 saturated heterocycles. The molecule has 0 unspecified atom stereocenters. The molecule has 12 heavy (non-hydrogen) atoms. The highest BCUT2D eigenvalue weighted by Gasteiger charge is 1.95. The molecule has 2 N–H and O–H groups in total. The van der Waals surface area contributed by atoms with E-state index in [0.717, 1.165) is 0 Å². The van der Waals surface area contributed by atoms with Crippen LogP contribution in [0.2, 0.25) is 0 Å². The zero-order valence-electron chi connectivity index (χ0n) is 6.57. The molecular weight excluding hydrogens is 158 g/mol. The zero-order chi connectivity index (χ0) is 8.97. The van der Waals surface area contributed by atoms with Crippen LogP contribution in [0.15, 0.2) is 24.3 Å². The number of carbonyl (C=O) groups is 1. The number of aromatic hydroxyl groups is 1. The van der Waals surface area contributed by atoms with Crippen LogP contribution in [0.4, 0.5) is 0 Å². The molecule has 0 aliphatic heterocycles. The quantitative estimate of drug-likeness (QED) is 0.641. The highest BCUT2D eigenvalue weighted by atomic mass is 16.7.